The highest BCUT2D eigenvalue weighted by molar-refractivity contribution is 5.87. The molecular weight excluding hydrogens is 372 g/mol. The Kier molecular flexibility index (Phi) is 3.99. The lowest BCUT2D eigenvalue weighted by molar-refractivity contribution is -0.262. The van der Waals surface area contributed by atoms with E-state index in [4.69, 9.17) is 18.9 Å². The summed E-state index contributed by atoms with van der Waals surface area (Å²) in [5.41, 5.74) is -0.210. The van der Waals surface area contributed by atoms with E-state index in [1.165, 1.54) is 0 Å². The summed E-state index contributed by atoms with van der Waals surface area (Å²) in [4.78, 5) is 13.5. The molecule has 2 spiro atoms. The lowest BCUT2D eigenvalue weighted by Crippen LogP contribution is -2.65. The molecule has 0 radical (unpaired) electrons. The molecule has 6 fully saturated rings. The number of Topliss-reactive ketones (excluding diaryl/α,β-unsaturated/α-hetero) is 1. The summed E-state index contributed by atoms with van der Waals surface area (Å²) in [6.45, 7) is 7.10. The lowest BCUT2D eigenvalue weighted by atomic mass is 9.43. The lowest BCUT2D eigenvalue weighted by Gasteiger charge is -2.62. The van der Waals surface area contributed by atoms with Crippen molar-refractivity contribution >= 4 is 5.78 Å². The standard InChI is InChI=1S/C23H34O6/c1-20-7-8-22(26-9-10-27-22)13-16(20)18(24)19(25)17-14(20)3-5-21(2)15(17)4-6-23(21)28-11-12-29-23/h14-17,19,25H,3-13H2,1-2H3/t14-,15-,16?,17+,19-,20+,21-/m0/s1. The van der Waals surface area contributed by atoms with Gasteiger partial charge in [0.25, 0.3) is 0 Å². The van der Waals surface area contributed by atoms with Crippen molar-refractivity contribution < 1.29 is 28.8 Å². The van der Waals surface area contributed by atoms with Crippen molar-refractivity contribution in [2.24, 2.45) is 34.5 Å². The van der Waals surface area contributed by atoms with Gasteiger partial charge in [-0.15, -0.1) is 0 Å². The van der Waals surface area contributed by atoms with Crippen LogP contribution in [-0.2, 0) is 23.7 Å². The molecule has 6 nitrogen and oxygen atoms in total. The highest BCUT2D eigenvalue weighted by atomic mass is 16.7. The maximum Gasteiger partial charge on any atom is 0.174 e. The Bertz CT molecular complexity index is 710. The molecule has 0 aromatic rings. The Morgan fingerprint density at radius 1 is 0.862 bits per heavy atom. The molecule has 0 aromatic heterocycles. The number of aliphatic hydroxyl groups is 1. The van der Waals surface area contributed by atoms with Crippen molar-refractivity contribution in [3.05, 3.63) is 0 Å². The second-order valence-electron chi connectivity index (χ2n) is 11.0. The van der Waals surface area contributed by atoms with E-state index in [1.54, 1.807) is 0 Å². The van der Waals surface area contributed by atoms with Crippen LogP contribution in [0.25, 0.3) is 0 Å². The molecule has 6 rings (SSSR count). The molecule has 6 aliphatic rings. The predicted octanol–water partition coefficient (Wildman–Crippen LogP) is 2.67. The third kappa shape index (κ3) is 2.28. The van der Waals surface area contributed by atoms with E-state index in [9.17, 15) is 9.90 Å². The fraction of sp³-hybridized carbons (Fsp3) is 0.957. The molecule has 6 heteroatoms. The topological polar surface area (TPSA) is 74.2 Å². The molecule has 4 saturated carbocycles. The minimum Gasteiger partial charge on any atom is -0.385 e. The van der Waals surface area contributed by atoms with Crippen molar-refractivity contribution in [1.82, 2.24) is 0 Å². The number of aliphatic hydroxyl groups excluding tert-OH is 1. The molecular formula is C23H34O6. The van der Waals surface area contributed by atoms with Crippen molar-refractivity contribution in [3.63, 3.8) is 0 Å². The Hall–Kier alpha value is -0.530. The van der Waals surface area contributed by atoms with Crippen LogP contribution in [0.5, 0.6) is 0 Å². The van der Waals surface area contributed by atoms with Crippen LogP contribution in [0.3, 0.4) is 0 Å². The van der Waals surface area contributed by atoms with Crippen LogP contribution in [-0.4, -0.2) is 55.0 Å². The van der Waals surface area contributed by atoms with E-state index >= 15 is 0 Å². The first-order chi connectivity index (χ1) is 13.8. The molecule has 162 valence electrons. The van der Waals surface area contributed by atoms with E-state index in [0.717, 1.165) is 38.5 Å². The summed E-state index contributed by atoms with van der Waals surface area (Å²) in [6, 6.07) is 0. The molecule has 1 unspecified atom stereocenters. The third-order valence-corrected chi connectivity index (χ3v) is 10.1. The molecule has 2 heterocycles. The Labute approximate surface area is 172 Å². The second-order valence-corrected chi connectivity index (χ2v) is 11.0. The first-order valence-corrected chi connectivity index (χ1v) is 11.6. The Balaban J connectivity index is 1.35. The Morgan fingerprint density at radius 3 is 2.24 bits per heavy atom. The summed E-state index contributed by atoms with van der Waals surface area (Å²) < 4.78 is 24.3. The van der Waals surface area contributed by atoms with Crippen LogP contribution in [0, 0.1) is 34.5 Å². The van der Waals surface area contributed by atoms with Gasteiger partial charge >= 0.3 is 0 Å². The van der Waals surface area contributed by atoms with Gasteiger partial charge in [-0.2, -0.15) is 0 Å². The van der Waals surface area contributed by atoms with E-state index in [2.05, 4.69) is 13.8 Å². The zero-order chi connectivity index (χ0) is 20.1. The number of ketones is 1. The zero-order valence-electron chi connectivity index (χ0n) is 17.7. The summed E-state index contributed by atoms with van der Waals surface area (Å²) in [5, 5.41) is 11.3. The number of fused-ring (bicyclic) bond motifs is 6. The van der Waals surface area contributed by atoms with Crippen LogP contribution in [0.2, 0.25) is 0 Å². The molecule has 2 aliphatic heterocycles. The van der Waals surface area contributed by atoms with E-state index in [-0.39, 0.29) is 34.4 Å². The van der Waals surface area contributed by atoms with Gasteiger partial charge in [0.2, 0.25) is 0 Å². The van der Waals surface area contributed by atoms with Gasteiger partial charge in [0.1, 0.15) is 6.10 Å². The van der Waals surface area contributed by atoms with Gasteiger partial charge in [0.05, 0.1) is 26.4 Å². The highest BCUT2D eigenvalue weighted by Gasteiger charge is 2.71. The maximum atomic E-state index is 13.5. The number of carbonyl (C=O) groups excluding carboxylic acids is 1. The number of hydrogen-bond donors (Lipinski definition) is 1. The molecule has 4 aliphatic carbocycles. The highest BCUT2D eigenvalue weighted by Crippen LogP contribution is 2.69. The van der Waals surface area contributed by atoms with E-state index in [1.807, 2.05) is 0 Å². The van der Waals surface area contributed by atoms with Crippen LogP contribution >= 0.6 is 0 Å². The largest absolute Gasteiger partial charge is 0.385 e. The Morgan fingerprint density at radius 2 is 1.52 bits per heavy atom. The molecule has 2 saturated heterocycles. The predicted molar refractivity (Wildman–Crippen MR) is 103 cm³/mol. The number of hydrogen-bond acceptors (Lipinski definition) is 6. The smallest absolute Gasteiger partial charge is 0.174 e. The molecule has 0 aromatic carbocycles. The normalized spacial score (nSPS) is 52.5. The first kappa shape index (κ1) is 19.2. The third-order valence-electron chi connectivity index (χ3n) is 10.1. The van der Waals surface area contributed by atoms with Crippen molar-refractivity contribution in [2.75, 3.05) is 26.4 Å². The van der Waals surface area contributed by atoms with E-state index in [0.29, 0.717) is 38.8 Å². The van der Waals surface area contributed by atoms with Gasteiger partial charge < -0.3 is 24.1 Å². The summed E-state index contributed by atoms with van der Waals surface area (Å²) in [7, 11) is 0. The minimum absolute atomic E-state index is 0.00846. The summed E-state index contributed by atoms with van der Waals surface area (Å²) >= 11 is 0. The fourth-order valence-corrected chi connectivity index (χ4v) is 8.60. The van der Waals surface area contributed by atoms with Gasteiger partial charge in [0.15, 0.2) is 17.4 Å². The van der Waals surface area contributed by atoms with Crippen LogP contribution in [0.4, 0.5) is 0 Å². The van der Waals surface area contributed by atoms with Gasteiger partial charge in [-0.3, -0.25) is 4.79 Å². The number of ether oxygens (including phenoxy) is 4. The van der Waals surface area contributed by atoms with Crippen LogP contribution < -0.4 is 0 Å². The number of carbonyl (C=O) groups is 1. The monoisotopic (exact) mass is 406 g/mol. The summed E-state index contributed by atoms with van der Waals surface area (Å²) in [6.07, 6.45) is 5.40. The van der Waals surface area contributed by atoms with Crippen LogP contribution in [0.15, 0.2) is 0 Å². The molecule has 0 bridgehead atoms. The minimum atomic E-state index is -0.893. The van der Waals surface area contributed by atoms with Gasteiger partial charge in [-0.25, -0.2) is 0 Å². The average molecular weight is 407 g/mol. The second kappa shape index (κ2) is 6.04. The molecule has 7 atom stereocenters. The van der Waals surface area contributed by atoms with Gasteiger partial charge in [-0.05, 0) is 48.9 Å². The van der Waals surface area contributed by atoms with E-state index < -0.39 is 17.7 Å². The van der Waals surface area contributed by atoms with Crippen molar-refractivity contribution in [3.8, 4) is 0 Å². The molecule has 1 N–H and O–H groups in total. The quantitative estimate of drug-likeness (QED) is 0.667. The zero-order valence-corrected chi connectivity index (χ0v) is 17.7. The molecule has 29 heavy (non-hydrogen) atoms. The summed E-state index contributed by atoms with van der Waals surface area (Å²) in [5.74, 6) is -0.632. The maximum absolute atomic E-state index is 13.5. The SMILES string of the molecule is C[C@]12CCC3(CC1C(=O)[C@@H](O)[C@@H]1[C@@H]2CC[C@@]2(C)[C@H]1CCC21OCCO1)OCCO3. The fourth-order valence-electron chi connectivity index (χ4n) is 8.60. The van der Waals surface area contributed by atoms with Crippen molar-refractivity contribution in [1.29, 1.82) is 0 Å². The van der Waals surface area contributed by atoms with Gasteiger partial charge in [0, 0.05) is 30.6 Å². The first-order valence-electron chi connectivity index (χ1n) is 11.6. The molecule has 0 amide bonds. The van der Waals surface area contributed by atoms with Crippen molar-refractivity contribution in [2.45, 2.75) is 76.5 Å². The van der Waals surface area contributed by atoms with Gasteiger partial charge in [-0.1, -0.05) is 13.8 Å². The van der Waals surface area contributed by atoms with Crippen LogP contribution in [0.1, 0.15) is 58.8 Å². The average Bonchev–Trinajstić information content (AvgIpc) is 3.43. The number of rotatable bonds is 0.